The molecule has 2 aromatic rings. The molecule has 0 radical (unpaired) electrons. The summed E-state index contributed by atoms with van der Waals surface area (Å²) in [6.07, 6.45) is 1.26. The van der Waals surface area contributed by atoms with Crippen molar-refractivity contribution in [2.75, 3.05) is 19.0 Å². The van der Waals surface area contributed by atoms with Crippen LogP contribution in [0.3, 0.4) is 0 Å². The number of aryl methyl sites for hydroxylation is 1. The van der Waals surface area contributed by atoms with E-state index in [0.29, 0.717) is 38.2 Å². The fraction of sp³-hybridized carbons (Fsp3) is 0.476. The van der Waals surface area contributed by atoms with Crippen LogP contribution < -0.4 is 10.1 Å². The molecule has 0 bridgehead atoms. The lowest BCUT2D eigenvalue weighted by atomic mass is 10.1. The Morgan fingerprint density at radius 2 is 1.97 bits per heavy atom. The number of amides is 2. The van der Waals surface area contributed by atoms with Gasteiger partial charge in [-0.1, -0.05) is 12.1 Å². The van der Waals surface area contributed by atoms with E-state index in [1.165, 1.54) is 0 Å². The van der Waals surface area contributed by atoms with Crippen molar-refractivity contribution in [2.45, 2.75) is 52.2 Å². The number of rotatable bonds is 5. The van der Waals surface area contributed by atoms with Crippen LogP contribution in [0.1, 0.15) is 44.0 Å². The zero-order chi connectivity index (χ0) is 21.0. The predicted molar refractivity (Wildman–Crippen MR) is 109 cm³/mol. The standard InChI is InChI=1S/C21H28N4O4/c1-21(2,3)29-20(27)25-12-11-16-17(13-25)23-24-19(16)22-18(26)10-7-14-5-8-15(28-4)9-6-14/h5-6,8-9H,7,10-13H2,1-4H3,(H2,22,23,24,26). The number of nitrogens with one attached hydrogen (secondary N) is 2. The van der Waals surface area contributed by atoms with Crippen molar-refractivity contribution in [1.29, 1.82) is 0 Å². The van der Waals surface area contributed by atoms with Gasteiger partial charge in [0.05, 0.1) is 19.3 Å². The summed E-state index contributed by atoms with van der Waals surface area (Å²) in [5.41, 5.74) is 2.31. The Kier molecular flexibility index (Phi) is 6.10. The Morgan fingerprint density at radius 3 is 2.62 bits per heavy atom. The van der Waals surface area contributed by atoms with E-state index in [0.717, 1.165) is 22.6 Å². The van der Waals surface area contributed by atoms with E-state index in [1.54, 1.807) is 12.0 Å². The number of ether oxygens (including phenoxy) is 2. The van der Waals surface area contributed by atoms with E-state index < -0.39 is 5.60 Å². The van der Waals surface area contributed by atoms with E-state index in [1.807, 2.05) is 45.0 Å². The van der Waals surface area contributed by atoms with Gasteiger partial charge in [0.1, 0.15) is 11.4 Å². The average molecular weight is 400 g/mol. The molecule has 0 saturated carbocycles. The Morgan fingerprint density at radius 1 is 1.24 bits per heavy atom. The number of hydrogen-bond donors (Lipinski definition) is 2. The van der Waals surface area contributed by atoms with E-state index in [4.69, 9.17) is 9.47 Å². The minimum Gasteiger partial charge on any atom is -0.497 e. The summed E-state index contributed by atoms with van der Waals surface area (Å²) >= 11 is 0. The first-order valence-corrected chi connectivity index (χ1v) is 9.72. The quantitative estimate of drug-likeness (QED) is 0.803. The lowest BCUT2D eigenvalue weighted by Crippen LogP contribution is -2.39. The Balaban J connectivity index is 1.54. The SMILES string of the molecule is COc1ccc(CCC(=O)Nc2n[nH]c3c2CCN(C(=O)OC(C)(C)C)C3)cc1. The van der Waals surface area contributed by atoms with Crippen molar-refractivity contribution in [3.05, 3.63) is 41.1 Å². The number of carbonyl (C=O) groups excluding carboxylic acids is 2. The molecule has 156 valence electrons. The summed E-state index contributed by atoms with van der Waals surface area (Å²) in [6, 6.07) is 7.67. The van der Waals surface area contributed by atoms with E-state index in [9.17, 15) is 9.59 Å². The summed E-state index contributed by atoms with van der Waals surface area (Å²) in [6.45, 7) is 6.44. The topological polar surface area (TPSA) is 96.5 Å². The molecule has 1 aromatic heterocycles. The van der Waals surface area contributed by atoms with E-state index in [-0.39, 0.29) is 12.0 Å². The number of aromatic nitrogens is 2. The van der Waals surface area contributed by atoms with Crippen LogP contribution in [0.2, 0.25) is 0 Å². The number of methoxy groups -OCH3 is 1. The van der Waals surface area contributed by atoms with Crippen LogP contribution in [-0.4, -0.2) is 46.4 Å². The first kappa shape index (κ1) is 20.7. The Hall–Kier alpha value is -3.03. The minimum atomic E-state index is -0.533. The van der Waals surface area contributed by atoms with Gasteiger partial charge in [0, 0.05) is 18.5 Å². The number of fused-ring (bicyclic) bond motifs is 1. The van der Waals surface area contributed by atoms with Gasteiger partial charge in [-0.2, -0.15) is 5.10 Å². The summed E-state index contributed by atoms with van der Waals surface area (Å²) < 4.78 is 10.6. The molecule has 2 heterocycles. The molecule has 0 atom stereocenters. The minimum absolute atomic E-state index is 0.0929. The van der Waals surface area contributed by atoms with Crippen molar-refractivity contribution in [2.24, 2.45) is 0 Å². The third-order valence-electron chi connectivity index (χ3n) is 4.64. The molecule has 2 amide bonds. The van der Waals surface area contributed by atoms with Crippen LogP contribution in [0, 0.1) is 0 Å². The second-order valence-corrected chi connectivity index (χ2v) is 8.08. The molecular formula is C21H28N4O4. The molecule has 1 aliphatic heterocycles. The lowest BCUT2D eigenvalue weighted by Gasteiger charge is -2.29. The molecule has 8 nitrogen and oxygen atoms in total. The molecular weight excluding hydrogens is 372 g/mol. The number of benzene rings is 1. The number of H-pyrrole nitrogens is 1. The third kappa shape index (κ3) is 5.49. The van der Waals surface area contributed by atoms with Gasteiger partial charge in [-0.15, -0.1) is 0 Å². The second-order valence-electron chi connectivity index (χ2n) is 8.08. The van der Waals surface area contributed by atoms with Gasteiger partial charge < -0.3 is 19.7 Å². The summed E-state index contributed by atoms with van der Waals surface area (Å²) in [5.74, 6) is 1.25. The normalized spacial score (nSPS) is 13.6. The zero-order valence-corrected chi connectivity index (χ0v) is 17.4. The number of carbonyl (C=O) groups is 2. The van der Waals surface area contributed by atoms with Gasteiger partial charge in [0.15, 0.2) is 5.82 Å². The highest BCUT2D eigenvalue weighted by Gasteiger charge is 2.28. The van der Waals surface area contributed by atoms with Gasteiger partial charge in [-0.3, -0.25) is 9.89 Å². The number of aromatic amines is 1. The van der Waals surface area contributed by atoms with Crippen LogP contribution in [-0.2, 0) is 28.9 Å². The highest BCUT2D eigenvalue weighted by molar-refractivity contribution is 5.90. The number of hydrogen-bond acceptors (Lipinski definition) is 5. The smallest absolute Gasteiger partial charge is 0.410 e. The molecule has 1 aliphatic rings. The molecule has 3 rings (SSSR count). The van der Waals surface area contributed by atoms with Crippen molar-refractivity contribution in [3.63, 3.8) is 0 Å². The fourth-order valence-corrected chi connectivity index (χ4v) is 3.15. The molecule has 0 unspecified atom stereocenters. The average Bonchev–Trinajstić information content (AvgIpc) is 3.07. The van der Waals surface area contributed by atoms with Gasteiger partial charge >= 0.3 is 6.09 Å². The van der Waals surface area contributed by atoms with Crippen molar-refractivity contribution < 1.29 is 19.1 Å². The highest BCUT2D eigenvalue weighted by Crippen LogP contribution is 2.25. The maximum absolute atomic E-state index is 12.3. The van der Waals surface area contributed by atoms with Crippen LogP contribution in [0.15, 0.2) is 24.3 Å². The molecule has 1 aromatic carbocycles. The zero-order valence-electron chi connectivity index (χ0n) is 17.4. The van der Waals surface area contributed by atoms with Gasteiger partial charge in [0.25, 0.3) is 0 Å². The van der Waals surface area contributed by atoms with Crippen LogP contribution in [0.25, 0.3) is 0 Å². The number of anilines is 1. The fourth-order valence-electron chi connectivity index (χ4n) is 3.15. The number of nitrogens with zero attached hydrogens (tertiary/aromatic N) is 2. The maximum Gasteiger partial charge on any atom is 0.410 e. The van der Waals surface area contributed by atoms with Gasteiger partial charge in [-0.05, 0) is 51.3 Å². The van der Waals surface area contributed by atoms with Gasteiger partial charge in [-0.25, -0.2) is 4.79 Å². The van der Waals surface area contributed by atoms with Crippen LogP contribution >= 0.6 is 0 Å². The summed E-state index contributed by atoms with van der Waals surface area (Å²) in [5, 5.41) is 10.1. The monoisotopic (exact) mass is 400 g/mol. The summed E-state index contributed by atoms with van der Waals surface area (Å²) in [7, 11) is 1.62. The molecule has 8 heteroatoms. The van der Waals surface area contributed by atoms with Crippen LogP contribution in [0.4, 0.5) is 10.6 Å². The Labute approximate surface area is 170 Å². The van der Waals surface area contributed by atoms with Crippen molar-refractivity contribution in [1.82, 2.24) is 15.1 Å². The molecule has 0 saturated heterocycles. The maximum atomic E-state index is 12.3. The molecule has 2 N–H and O–H groups in total. The van der Waals surface area contributed by atoms with Crippen LogP contribution in [0.5, 0.6) is 5.75 Å². The molecule has 0 fully saturated rings. The second kappa shape index (κ2) is 8.55. The molecule has 0 aliphatic carbocycles. The van der Waals surface area contributed by atoms with Gasteiger partial charge in [0.2, 0.25) is 5.91 Å². The first-order valence-electron chi connectivity index (χ1n) is 9.72. The molecule has 29 heavy (non-hydrogen) atoms. The summed E-state index contributed by atoms with van der Waals surface area (Å²) in [4.78, 5) is 26.2. The Bertz CT molecular complexity index is 868. The highest BCUT2D eigenvalue weighted by atomic mass is 16.6. The van der Waals surface area contributed by atoms with E-state index >= 15 is 0 Å². The lowest BCUT2D eigenvalue weighted by molar-refractivity contribution is -0.116. The largest absolute Gasteiger partial charge is 0.497 e. The third-order valence-corrected chi connectivity index (χ3v) is 4.64. The van der Waals surface area contributed by atoms with E-state index in [2.05, 4.69) is 15.5 Å². The molecule has 0 spiro atoms. The van der Waals surface area contributed by atoms with Crippen molar-refractivity contribution in [3.8, 4) is 5.75 Å². The first-order chi connectivity index (χ1) is 13.7. The predicted octanol–water partition coefficient (Wildman–Crippen LogP) is 3.28. The van der Waals surface area contributed by atoms with Crippen molar-refractivity contribution >= 4 is 17.8 Å².